The van der Waals surface area contributed by atoms with Crippen LogP contribution in [0, 0.1) is 0 Å². The molecular formula is C12H10BO2. The first kappa shape index (κ1) is 9.93. The molecule has 73 valence electrons. The molecule has 0 amide bonds. The molecule has 2 aromatic rings. The van der Waals surface area contributed by atoms with Gasteiger partial charge in [0.05, 0.1) is 0 Å². The van der Waals surface area contributed by atoms with Crippen LogP contribution in [0.3, 0.4) is 0 Å². The Kier molecular flexibility index (Phi) is 2.56. The van der Waals surface area contributed by atoms with Crippen molar-refractivity contribution >= 4 is 29.5 Å². The molecule has 0 atom stereocenters. The smallest absolute Gasteiger partial charge is 0.327 e. The number of carbonyl (C=O) groups is 1. The minimum absolute atomic E-state index is 0.0512. The molecule has 0 unspecified atom stereocenters. The Balaban J connectivity index is 2.69. The number of benzene rings is 2. The zero-order chi connectivity index (χ0) is 10.8. The Morgan fingerprint density at radius 3 is 2.73 bits per heavy atom. The SMILES string of the molecule is CC(=O)c1ccc2c([B]O)cccc2c1. The minimum atomic E-state index is 0.0512. The average Bonchev–Trinajstić information content (AvgIpc) is 2.27. The number of rotatable bonds is 2. The second kappa shape index (κ2) is 3.87. The Bertz CT molecular complexity index is 520. The van der Waals surface area contributed by atoms with Gasteiger partial charge in [0.15, 0.2) is 5.78 Å². The van der Waals surface area contributed by atoms with Crippen LogP contribution in [0.2, 0.25) is 0 Å². The van der Waals surface area contributed by atoms with Crippen LogP contribution in [-0.4, -0.2) is 18.3 Å². The third kappa shape index (κ3) is 1.78. The van der Waals surface area contributed by atoms with Crippen molar-refractivity contribution in [2.24, 2.45) is 0 Å². The van der Waals surface area contributed by atoms with Crippen molar-refractivity contribution < 1.29 is 9.82 Å². The molecule has 3 heteroatoms. The molecule has 2 rings (SSSR count). The monoisotopic (exact) mass is 197 g/mol. The highest BCUT2D eigenvalue weighted by Gasteiger charge is 2.04. The van der Waals surface area contributed by atoms with Crippen molar-refractivity contribution in [1.29, 1.82) is 0 Å². The summed E-state index contributed by atoms with van der Waals surface area (Å²) in [5, 5.41) is 10.9. The van der Waals surface area contributed by atoms with E-state index in [2.05, 4.69) is 0 Å². The topological polar surface area (TPSA) is 37.3 Å². The van der Waals surface area contributed by atoms with Crippen LogP contribution in [-0.2, 0) is 0 Å². The summed E-state index contributed by atoms with van der Waals surface area (Å²) >= 11 is 0. The first-order chi connectivity index (χ1) is 7.22. The highest BCUT2D eigenvalue weighted by molar-refractivity contribution is 6.50. The maximum atomic E-state index is 11.2. The molecule has 1 radical (unpaired) electrons. The summed E-state index contributed by atoms with van der Waals surface area (Å²) in [4.78, 5) is 11.2. The first-order valence-electron chi connectivity index (χ1n) is 4.73. The molecule has 0 aliphatic carbocycles. The molecule has 0 aliphatic rings. The van der Waals surface area contributed by atoms with E-state index in [1.807, 2.05) is 30.3 Å². The van der Waals surface area contributed by atoms with Gasteiger partial charge in [-0.15, -0.1) is 0 Å². The third-order valence-electron chi connectivity index (χ3n) is 2.46. The van der Waals surface area contributed by atoms with Gasteiger partial charge in [0.25, 0.3) is 0 Å². The standard InChI is InChI=1S/C12H10BO2/c1-8(14)9-5-6-11-10(7-9)3-2-4-12(11)13-15/h2-7,15H,1H3. The molecule has 1 N–H and O–H groups in total. The van der Waals surface area contributed by atoms with Crippen LogP contribution >= 0.6 is 0 Å². The van der Waals surface area contributed by atoms with E-state index < -0.39 is 0 Å². The maximum Gasteiger partial charge on any atom is 0.327 e. The van der Waals surface area contributed by atoms with Gasteiger partial charge in [-0.25, -0.2) is 0 Å². The lowest BCUT2D eigenvalue weighted by Crippen LogP contribution is -2.14. The number of carbonyl (C=O) groups excluding carboxylic acids is 1. The summed E-state index contributed by atoms with van der Waals surface area (Å²) in [6.45, 7) is 1.54. The molecule has 0 spiro atoms. The minimum Gasteiger partial charge on any atom is -0.450 e. The molecule has 0 aromatic heterocycles. The van der Waals surface area contributed by atoms with E-state index in [0.29, 0.717) is 5.56 Å². The van der Waals surface area contributed by atoms with Gasteiger partial charge in [-0.05, 0) is 29.2 Å². The van der Waals surface area contributed by atoms with Crippen molar-refractivity contribution in [3.63, 3.8) is 0 Å². The maximum absolute atomic E-state index is 11.2. The zero-order valence-electron chi connectivity index (χ0n) is 8.40. The predicted octanol–water partition coefficient (Wildman–Crippen LogP) is 1.28. The fourth-order valence-corrected chi connectivity index (χ4v) is 1.64. The second-order valence-corrected chi connectivity index (χ2v) is 3.47. The van der Waals surface area contributed by atoms with E-state index in [0.717, 1.165) is 23.7 Å². The van der Waals surface area contributed by atoms with Crippen LogP contribution in [0.5, 0.6) is 0 Å². The molecule has 2 nitrogen and oxygen atoms in total. The highest BCUT2D eigenvalue weighted by Crippen LogP contribution is 2.14. The van der Waals surface area contributed by atoms with Crippen molar-refractivity contribution in [3.05, 3.63) is 42.0 Å². The van der Waals surface area contributed by atoms with E-state index in [4.69, 9.17) is 5.02 Å². The number of Topliss-reactive ketones (excluding diaryl/α,β-unsaturated/α-hetero) is 1. The Hall–Kier alpha value is -1.61. The van der Waals surface area contributed by atoms with E-state index in [9.17, 15) is 4.79 Å². The molecular weight excluding hydrogens is 187 g/mol. The molecule has 0 saturated heterocycles. The summed E-state index contributed by atoms with van der Waals surface area (Å²) in [5.41, 5.74) is 1.46. The summed E-state index contributed by atoms with van der Waals surface area (Å²) in [7, 11) is 1.08. The number of hydrogen-bond donors (Lipinski definition) is 1. The zero-order valence-corrected chi connectivity index (χ0v) is 8.40. The molecule has 0 saturated carbocycles. The van der Waals surface area contributed by atoms with Gasteiger partial charge in [0, 0.05) is 5.56 Å². The van der Waals surface area contributed by atoms with Crippen molar-refractivity contribution in [3.8, 4) is 0 Å². The van der Waals surface area contributed by atoms with Crippen LogP contribution < -0.4 is 5.46 Å². The van der Waals surface area contributed by atoms with Gasteiger partial charge in [-0.3, -0.25) is 4.79 Å². The van der Waals surface area contributed by atoms with Crippen molar-refractivity contribution in [2.45, 2.75) is 6.92 Å². The Morgan fingerprint density at radius 1 is 1.27 bits per heavy atom. The van der Waals surface area contributed by atoms with E-state index in [1.54, 1.807) is 13.0 Å². The van der Waals surface area contributed by atoms with Crippen molar-refractivity contribution in [1.82, 2.24) is 0 Å². The van der Waals surface area contributed by atoms with Gasteiger partial charge < -0.3 is 5.02 Å². The lowest BCUT2D eigenvalue weighted by Gasteiger charge is -2.04. The largest absolute Gasteiger partial charge is 0.450 e. The van der Waals surface area contributed by atoms with Crippen LogP contribution in [0.1, 0.15) is 17.3 Å². The Labute approximate surface area is 88.8 Å². The summed E-state index contributed by atoms with van der Waals surface area (Å²) in [5.74, 6) is 0.0512. The second-order valence-electron chi connectivity index (χ2n) is 3.47. The summed E-state index contributed by atoms with van der Waals surface area (Å²) < 4.78 is 0. The van der Waals surface area contributed by atoms with E-state index >= 15 is 0 Å². The molecule has 0 aliphatic heterocycles. The quantitative estimate of drug-likeness (QED) is 0.581. The highest BCUT2D eigenvalue weighted by atomic mass is 16.2. The van der Waals surface area contributed by atoms with Crippen LogP contribution in [0.4, 0.5) is 0 Å². The van der Waals surface area contributed by atoms with E-state index in [1.165, 1.54) is 0 Å². The van der Waals surface area contributed by atoms with E-state index in [-0.39, 0.29) is 5.78 Å². The fourth-order valence-electron chi connectivity index (χ4n) is 1.64. The van der Waals surface area contributed by atoms with Gasteiger partial charge in [-0.2, -0.15) is 0 Å². The average molecular weight is 197 g/mol. The number of fused-ring (bicyclic) bond motifs is 1. The van der Waals surface area contributed by atoms with Crippen LogP contribution in [0.25, 0.3) is 10.8 Å². The fraction of sp³-hybridized carbons (Fsp3) is 0.0833. The predicted molar refractivity (Wildman–Crippen MR) is 61.6 cm³/mol. The molecule has 2 aromatic carbocycles. The lowest BCUT2D eigenvalue weighted by molar-refractivity contribution is 0.101. The third-order valence-corrected chi connectivity index (χ3v) is 2.46. The number of hydrogen-bond acceptors (Lipinski definition) is 2. The summed E-state index contributed by atoms with van der Waals surface area (Å²) in [6, 6.07) is 11.1. The molecule has 0 bridgehead atoms. The molecule has 15 heavy (non-hydrogen) atoms. The molecule has 0 heterocycles. The summed E-state index contributed by atoms with van der Waals surface area (Å²) in [6.07, 6.45) is 0. The van der Waals surface area contributed by atoms with Gasteiger partial charge in [0.1, 0.15) is 0 Å². The first-order valence-corrected chi connectivity index (χ1v) is 4.73. The van der Waals surface area contributed by atoms with Gasteiger partial charge in [0.2, 0.25) is 0 Å². The Morgan fingerprint density at radius 2 is 2.07 bits per heavy atom. The van der Waals surface area contributed by atoms with Crippen molar-refractivity contribution in [2.75, 3.05) is 0 Å². The molecule has 0 fully saturated rings. The van der Waals surface area contributed by atoms with Crippen LogP contribution in [0.15, 0.2) is 36.4 Å². The van der Waals surface area contributed by atoms with Gasteiger partial charge in [-0.1, -0.05) is 30.3 Å². The normalized spacial score (nSPS) is 10.3. The lowest BCUT2D eigenvalue weighted by atomic mass is 9.84. The number of ketones is 1. The van der Waals surface area contributed by atoms with Gasteiger partial charge >= 0.3 is 7.48 Å².